The van der Waals surface area contributed by atoms with Gasteiger partial charge < -0.3 is 4.74 Å². The number of hydrogen-bond donors (Lipinski definition) is 0. The average Bonchev–Trinajstić information content (AvgIpc) is 2.64. The Balaban J connectivity index is 2.08. The molecule has 1 nitrogen and oxygen atoms in total. The molecule has 0 unspecified atom stereocenters. The number of rotatable bonds is 0. The minimum absolute atomic E-state index is 0.880. The molecule has 3 aliphatic rings. The Bertz CT molecular complexity index is 353. The van der Waals surface area contributed by atoms with Gasteiger partial charge in [-0.2, -0.15) is 0 Å². The van der Waals surface area contributed by atoms with E-state index in [0.717, 1.165) is 19.4 Å². The van der Waals surface area contributed by atoms with Crippen molar-refractivity contribution in [1.82, 2.24) is 0 Å². The summed E-state index contributed by atoms with van der Waals surface area (Å²) in [6, 6.07) is 0. The number of fused-ring (bicyclic) bond motifs is 1. The standard InChI is InChI=1S/C11H10O/c1-2-8-6-10-4-5-12-11(10)7-9(8)3-1/h1-3,6H,4-5,7H2. The largest absolute Gasteiger partial charge is 0.497 e. The second kappa shape index (κ2) is 2.13. The second-order valence-corrected chi connectivity index (χ2v) is 3.37. The van der Waals surface area contributed by atoms with Crippen LogP contribution in [-0.2, 0) is 4.74 Å². The van der Waals surface area contributed by atoms with Crippen LogP contribution in [-0.4, -0.2) is 6.61 Å². The summed E-state index contributed by atoms with van der Waals surface area (Å²) in [6.45, 7) is 0.880. The molecule has 2 aliphatic carbocycles. The van der Waals surface area contributed by atoms with Crippen LogP contribution >= 0.6 is 0 Å². The van der Waals surface area contributed by atoms with E-state index in [1.807, 2.05) is 0 Å². The van der Waals surface area contributed by atoms with E-state index in [2.05, 4.69) is 24.3 Å². The van der Waals surface area contributed by atoms with Crippen LogP contribution in [0.4, 0.5) is 0 Å². The number of hydrogen-bond acceptors (Lipinski definition) is 1. The second-order valence-electron chi connectivity index (χ2n) is 3.37. The minimum atomic E-state index is 0.880. The lowest BCUT2D eigenvalue weighted by Crippen LogP contribution is -1.96. The zero-order valence-corrected chi connectivity index (χ0v) is 6.84. The van der Waals surface area contributed by atoms with E-state index < -0.39 is 0 Å². The molecule has 0 aromatic heterocycles. The molecule has 0 aromatic rings. The van der Waals surface area contributed by atoms with E-state index in [4.69, 9.17) is 4.74 Å². The van der Waals surface area contributed by atoms with Crippen LogP contribution in [0, 0.1) is 0 Å². The summed E-state index contributed by atoms with van der Waals surface area (Å²) in [5.41, 5.74) is 4.21. The van der Waals surface area contributed by atoms with Crippen molar-refractivity contribution in [3.63, 3.8) is 0 Å². The summed E-state index contributed by atoms with van der Waals surface area (Å²) in [7, 11) is 0. The smallest absolute Gasteiger partial charge is 0.104 e. The molecule has 0 atom stereocenters. The molecule has 0 fully saturated rings. The van der Waals surface area contributed by atoms with Crippen molar-refractivity contribution < 1.29 is 4.74 Å². The van der Waals surface area contributed by atoms with Gasteiger partial charge in [0.2, 0.25) is 0 Å². The van der Waals surface area contributed by atoms with Gasteiger partial charge in [-0.3, -0.25) is 0 Å². The van der Waals surface area contributed by atoms with Crippen LogP contribution in [0.25, 0.3) is 0 Å². The van der Waals surface area contributed by atoms with E-state index in [1.165, 1.54) is 22.5 Å². The van der Waals surface area contributed by atoms with Crippen molar-refractivity contribution in [1.29, 1.82) is 0 Å². The number of allylic oxidation sites excluding steroid dienone is 6. The van der Waals surface area contributed by atoms with E-state index in [0.29, 0.717) is 0 Å². The van der Waals surface area contributed by atoms with Gasteiger partial charge in [0.15, 0.2) is 0 Å². The lowest BCUT2D eigenvalue weighted by Gasteiger charge is -2.12. The molecule has 3 rings (SSSR count). The van der Waals surface area contributed by atoms with Gasteiger partial charge in [-0.05, 0) is 22.8 Å². The van der Waals surface area contributed by atoms with Gasteiger partial charge >= 0.3 is 0 Å². The van der Waals surface area contributed by atoms with Gasteiger partial charge in [-0.15, -0.1) is 0 Å². The van der Waals surface area contributed by atoms with Crippen LogP contribution in [0.3, 0.4) is 0 Å². The Morgan fingerprint density at radius 1 is 1.33 bits per heavy atom. The molecule has 0 saturated heterocycles. The molecular weight excluding hydrogens is 148 g/mol. The highest BCUT2D eigenvalue weighted by Crippen LogP contribution is 2.36. The van der Waals surface area contributed by atoms with Gasteiger partial charge in [0.1, 0.15) is 5.76 Å². The quantitative estimate of drug-likeness (QED) is 0.526. The summed E-state index contributed by atoms with van der Waals surface area (Å²) in [4.78, 5) is 0. The Morgan fingerprint density at radius 3 is 3.33 bits per heavy atom. The van der Waals surface area contributed by atoms with Crippen LogP contribution in [0.1, 0.15) is 12.8 Å². The minimum Gasteiger partial charge on any atom is -0.497 e. The maximum absolute atomic E-state index is 5.53. The third-order valence-electron chi connectivity index (χ3n) is 2.63. The predicted molar refractivity (Wildman–Crippen MR) is 47.5 cm³/mol. The third kappa shape index (κ3) is 0.737. The Hall–Kier alpha value is -1.24. The van der Waals surface area contributed by atoms with Crippen LogP contribution < -0.4 is 0 Å². The summed E-state index contributed by atoms with van der Waals surface area (Å²) >= 11 is 0. The highest BCUT2D eigenvalue weighted by molar-refractivity contribution is 5.56. The van der Waals surface area contributed by atoms with Crippen molar-refractivity contribution in [2.75, 3.05) is 6.61 Å². The lowest BCUT2D eigenvalue weighted by molar-refractivity contribution is 0.239. The molecule has 60 valence electrons. The topological polar surface area (TPSA) is 9.23 Å². The first kappa shape index (κ1) is 6.30. The molecule has 1 heterocycles. The average molecular weight is 158 g/mol. The first-order chi connectivity index (χ1) is 5.93. The fourth-order valence-corrected chi connectivity index (χ4v) is 1.97. The first-order valence-corrected chi connectivity index (χ1v) is 4.37. The highest BCUT2D eigenvalue weighted by atomic mass is 16.5. The van der Waals surface area contributed by atoms with Crippen LogP contribution in [0.2, 0.25) is 0 Å². The number of ether oxygens (including phenoxy) is 1. The summed E-state index contributed by atoms with van der Waals surface area (Å²) in [5, 5.41) is 0. The van der Waals surface area contributed by atoms with E-state index >= 15 is 0 Å². The predicted octanol–water partition coefficient (Wildman–Crippen LogP) is 2.49. The first-order valence-electron chi connectivity index (χ1n) is 4.37. The van der Waals surface area contributed by atoms with Crippen molar-refractivity contribution in [3.8, 4) is 0 Å². The molecule has 1 aliphatic heterocycles. The van der Waals surface area contributed by atoms with Crippen LogP contribution in [0.5, 0.6) is 0 Å². The zero-order chi connectivity index (χ0) is 7.97. The summed E-state index contributed by atoms with van der Waals surface area (Å²) < 4.78 is 5.53. The fraction of sp³-hybridized carbons (Fsp3) is 0.273. The monoisotopic (exact) mass is 158 g/mol. The Kier molecular flexibility index (Phi) is 1.12. The SMILES string of the molecule is C1=CC2=CC3=C(CC2=C1)OCC3. The van der Waals surface area contributed by atoms with Crippen molar-refractivity contribution in [3.05, 3.63) is 46.8 Å². The van der Waals surface area contributed by atoms with Crippen molar-refractivity contribution in [2.24, 2.45) is 0 Å². The molecule has 0 spiro atoms. The molecular formula is C11H10O. The van der Waals surface area contributed by atoms with E-state index in [-0.39, 0.29) is 0 Å². The lowest BCUT2D eigenvalue weighted by atomic mass is 9.95. The molecule has 0 amide bonds. The van der Waals surface area contributed by atoms with E-state index in [1.54, 1.807) is 0 Å². The summed E-state index contributed by atoms with van der Waals surface area (Å²) in [6.07, 6.45) is 10.8. The fourth-order valence-electron chi connectivity index (χ4n) is 1.97. The zero-order valence-electron chi connectivity index (χ0n) is 6.84. The van der Waals surface area contributed by atoms with Crippen molar-refractivity contribution in [2.45, 2.75) is 12.8 Å². The van der Waals surface area contributed by atoms with Crippen molar-refractivity contribution >= 4 is 0 Å². The molecule has 0 N–H and O–H groups in total. The third-order valence-corrected chi connectivity index (χ3v) is 2.63. The van der Waals surface area contributed by atoms with Gasteiger partial charge in [-0.25, -0.2) is 0 Å². The van der Waals surface area contributed by atoms with Gasteiger partial charge in [0.05, 0.1) is 6.61 Å². The normalized spacial score (nSPS) is 24.7. The van der Waals surface area contributed by atoms with Gasteiger partial charge in [0.25, 0.3) is 0 Å². The van der Waals surface area contributed by atoms with Crippen LogP contribution in [0.15, 0.2) is 46.8 Å². The summed E-state index contributed by atoms with van der Waals surface area (Å²) in [5.74, 6) is 1.20. The van der Waals surface area contributed by atoms with E-state index in [9.17, 15) is 0 Å². The molecule has 1 heteroatoms. The molecule has 12 heavy (non-hydrogen) atoms. The molecule has 0 bridgehead atoms. The molecule has 0 saturated carbocycles. The Morgan fingerprint density at radius 2 is 2.33 bits per heavy atom. The molecule has 0 radical (unpaired) electrons. The maximum Gasteiger partial charge on any atom is 0.104 e. The molecule has 0 aromatic carbocycles. The highest BCUT2D eigenvalue weighted by Gasteiger charge is 2.22. The Labute approximate surface area is 71.7 Å². The van der Waals surface area contributed by atoms with Gasteiger partial charge in [-0.1, -0.05) is 18.2 Å². The van der Waals surface area contributed by atoms with Gasteiger partial charge in [0, 0.05) is 12.8 Å². The maximum atomic E-state index is 5.53.